The van der Waals surface area contributed by atoms with Crippen LogP contribution in [0.25, 0.3) is 0 Å². The summed E-state index contributed by atoms with van der Waals surface area (Å²) < 4.78 is 5.03. The van der Waals surface area contributed by atoms with Crippen LogP contribution in [0.2, 0.25) is 0 Å². The topological polar surface area (TPSA) is 66.8 Å². The van der Waals surface area contributed by atoms with E-state index in [0.717, 1.165) is 0 Å². The molecule has 0 bridgehead atoms. The summed E-state index contributed by atoms with van der Waals surface area (Å²) in [6, 6.07) is -0.764. The van der Waals surface area contributed by atoms with Gasteiger partial charge in [0.1, 0.15) is 6.04 Å². The van der Waals surface area contributed by atoms with Crippen molar-refractivity contribution in [2.75, 3.05) is 19.4 Å². The van der Waals surface area contributed by atoms with E-state index >= 15 is 0 Å². The first kappa shape index (κ1) is 11.3. The molecule has 1 aliphatic heterocycles. The molecular formula is C8H13NO4S. The quantitative estimate of drug-likeness (QED) is 0.635. The van der Waals surface area contributed by atoms with Crippen LogP contribution in [0.4, 0.5) is 0 Å². The maximum Gasteiger partial charge on any atom is 0.326 e. The summed E-state index contributed by atoms with van der Waals surface area (Å²) in [7, 11) is 1.51. The molecule has 0 aromatic carbocycles. The van der Waals surface area contributed by atoms with Gasteiger partial charge in [-0.05, 0) is 0 Å². The highest BCUT2D eigenvalue weighted by molar-refractivity contribution is 7.81. The molecule has 1 saturated heterocycles. The number of carbonyl (C=O) groups is 2. The molecule has 1 heterocycles. The average molecular weight is 219 g/mol. The molecule has 1 amide bonds. The zero-order valence-electron chi connectivity index (χ0n) is 7.84. The highest BCUT2D eigenvalue weighted by atomic mass is 32.1. The molecule has 0 aliphatic carbocycles. The molecule has 0 aromatic heterocycles. The lowest BCUT2D eigenvalue weighted by atomic mass is 10.2. The van der Waals surface area contributed by atoms with Crippen molar-refractivity contribution >= 4 is 24.5 Å². The fraction of sp³-hybridized carbons (Fsp3) is 0.750. The molecule has 0 spiro atoms. The first-order valence-electron chi connectivity index (χ1n) is 4.26. The van der Waals surface area contributed by atoms with Gasteiger partial charge in [-0.15, -0.1) is 0 Å². The number of carboxylic acid groups (broad SMARTS) is 1. The lowest BCUT2D eigenvalue weighted by Gasteiger charge is -2.19. The highest BCUT2D eigenvalue weighted by Gasteiger charge is 2.39. The molecule has 0 saturated carbocycles. The third kappa shape index (κ3) is 2.19. The second kappa shape index (κ2) is 4.65. The zero-order chi connectivity index (χ0) is 10.7. The van der Waals surface area contributed by atoms with Gasteiger partial charge in [-0.25, -0.2) is 4.79 Å². The Morgan fingerprint density at radius 1 is 1.64 bits per heavy atom. The van der Waals surface area contributed by atoms with E-state index in [4.69, 9.17) is 9.84 Å². The summed E-state index contributed by atoms with van der Waals surface area (Å²) in [6.07, 6.45) is 0.172. The smallest absolute Gasteiger partial charge is 0.326 e. The van der Waals surface area contributed by atoms with E-state index in [9.17, 15) is 9.59 Å². The molecule has 6 heteroatoms. The Labute approximate surface area is 87.4 Å². The van der Waals surface area contributed by atoms with E-state index in [1.807, 2.05) is 0 Å². The van der Waals surface area contributed by atoms with Gasteiger partial charge in [0.25, 0.3) is 0 Å². The van der Waals surface area contributed by atoms with Crippen molar-refractivity contribution in [3.63, 3.8) is 0 Å². The van der Waals surface area contributed by atoms with Crippen LogP contribution in [0.5, 0.6) is 0 Å². The van der Waals surface area contributed by atoms with Gasteiger partial charge in [0.2, 0.25) is 5.91 Å². The van der Waals surface area contributed by atoms with E-state index in [1.165, 1.54) is 12.0 Å². The summed E-state index contributed by atoms with van der Waals surface area (Å²) in [6.45, 7) is 0.340. The van der Waals surface area contributed by atoms with Gasteiger partial charge in [0.15, 0.2) is 0 Å². The van der Waals surface area contributed by atoms with Crippen LogP contribution in [-0.4, -0.2) is 53.4 Å². The van der Waals surface area contributed by atoms with Gasteiger partial charge in [-0.1, -0.05) is 0 Å². The number of amides is 1. The summed E-state index contributed by atoms with van der Waals surface area (Å²) in [5.74, 6) is -1.22. The van der Waals surface area contributed by atoms with Crippen molar-refractivity contribution in [1.29, 1.82) is 0 Å². The van der Waals surface area contributed by atoms with Crippen LogP contribution >= 0.6 is 12.6 Å². The number of carboxylic acids is 1. The van der Waals surface area contributed by atoms with Crippen molar-refractivity contribution < 1.29 is 19.4 Å². The summed E-state index contributed by atoms with van der Waals surface area (Å²) in [5.41, 5.74) is 0. The molecule has 1 aliphatic rings. The molecule has 14 heavy (non-hydrogen) atoms. The Morgan fingerprint density at radius 2 is 2.29 bits per heavy atom. The lowest BCUT2D eigenvalue weighted by molar-refractivity contribution is -0.147. The van der Waals surface area contributed by atoms with Gasteiger partial charge in [0, 0.05) is 20.1 Å². The van der Waals surface area contributed by atoms with E-state index in [2.05, 4.69) is 12.6 Å². The van der Waals surface area contributed by atoms with Gasteiger partial charge < -0.3 is 14.7 Å². The van der Waals surface area contributed by atoms with E-state index in [-0.39, 0.29) is 17.8 Å². The van der Waals surface area contributed by atoms with Crippen molar-refractivity contribution in [3.8, 4) is 0 Å². The number of ether oxygens (including phenoxy) is 1. The van der Waals surface area contributed by atoms with Crippen LogP contribution in [0.15, 0.2) is 0 Å². The molecular weight excluding hydrogens is 206 g/mol. The summed E-state index contributed by atoms with van der Waals surface area (Å²) >= 11 is 3.83. The summed E-state index contributed by atoms with van der Waals surface area (Å²) in [5, 5.41) is 8.87. The third-order valence-electron chi connectivity index (χ3n) is 2.34. The van der Waals surface area contributed by atoms with Gasteiger partial charge in [-0.2, -0.15) is 12.6 Å². The minimum atomic E-state index is -0.986. The second-order valence-corrected chi connectivity index (χ2v) is 3.47. The van der Waals surface area contributed by atoms with Crippen LogP contribution in [-0.2, 0) is 14.3 Å². The Bertz CT molecular complexity index is 245. The van der Waals surface area contributed by atoms with Crippen LogP contribution < -0.4 is 0 Å². The fourth-order valence-electron chi connectivity index (χ4n) is 1.57. The number of aliphatic carboxylic acids is 1. The van der Waals surface area contributed by atoms with Crippen molar-refractivity contribution in [3.05, 3.63) is 0 Å². The van der Waals surface area contributed by atoms with Gasteiger partial charge in [0.05, 0.1) is 11.9 Å². The maximum atomic E-state index is 11.3. The molecule has 0 radical (unpaired) electrons. The highest BCUT2D eigenvalue weighted by Crippen LogP contribution is 2.20. The number of thiol groups is 1. The van der Waals surface area contributed by atoms with Crippen LogP contribution in [0.3, 0.4) is 0 Å². The molecule has 1 fully saturated rings. The molecule has 1 N–H and O–H groups in total. The SMILES string of the molecule is CO[C@@H]1C[C@@H](C(=O)O)N(C(=O)CS)C1. The van der Waals surface area contributed by atoms with E-state index in [0.29, 0.717) is 13.0 Å². The largest absolute Gasteiger partial charge is 0.480 e. The number of rotatable bonds is 3. The number of methoxy groups -OCH3 is 1. The number of hydrogen-bond acceptors (Lipinski definition) is 4. The monoisotopic (exact) mass is 219 g/mol. The number of carbonyl (C=O) groups excluding carboxylic acids is 1. The lowest BCUT2D eigenvalue weighted by Crippen LogP contribution is -2.41. The molecule has 0 aromatic rings. The number of likely N-dealkylation sites (tertiary alicyclic amines) is 1. The third-order valence-corrected chi connectivity index (χ3v) is 2.61. The maximum absolute atomic E-state index is 11.3. The minimum absolute atomic E-state index is 0.0280. The Hall–Kier alpha value is -0.750. The van der Waals surface area contributed by atoms with Gasteiger partial charge >= 0.3 is 5.97 Å². The first-order valence-corrected chi connectivity index (χ1v) is 4.89. The van der Waals surface area contributed by atoms with Crippen molar-refractivity contribution in [2.45, 2.75) is 18.6 Å². The van der Waals surface area contributed by atoms with E-state index in [1.54, 1.807) is 0 Å². The normalized spacial score (nSPS) is 26.6. The minimum Gasteiger partial charge on any atom is -0.480 e. The predicted octanol–water partition coefficient (Wildman–Crippen LogP) is -0.383. The zero-order valence-corrected chi connectivity index (χ0v) is 8.74. The molecule has 5 nitrogen and oxygen atoms in total. The van der Waals surface area contributed by atoms with Crippen molar-refractivity contribution in [1.82, 2.24) is 4.90 Å². The number of nitrogens with zero attached hydrogens (tertiary/aromatic N) is 1. The van der Waals surface area contributed by atoms with Gasteiger partial charge in [-0.3, -0.25) is 4.79 Å². The number of hydrogen-bond donors (Lipinski definition) is 2. The van der Waals surface area contributed by atoms with E-state index < -0.39 is 12.0 Å². The standard InChI is InChI=1S/C8H13NO4S/c1-13-5-2-6(8(11)12)9(3-5)7(10)4-14/h5-6,14H,2-4H2,1H3,(H,11,12)/t5-,6+/m1/s1. The first-order chi connectivity index (χ1) is 6.60. The molecule has 2 atom stereocenters. The second-order valence-electron chi connectivity index (χ2n) is 3.15. The predicted molar refractivity (Wildman–Crippen MR) is 52.4 cm³/mol. The summed E-state index contributed by atoms with van der Waals surface area (Å²) in [4.78, 5) is 23.4. The molecule has 80 valence electrons. The molecule has 1 rings (SSSR count). The van der Waals surface area contributed by atoms with Crippen molar-refractivity contribution in [2.24, 2.45) is 0 Å². The Kier molecular flexibility index (Phi) is 3.77. The fourth-order valence-corrected chi connectivity index (χ4v) is 1.75. The molecule has 0 unspecified atom stereocenters. The Balaban J connectivity index is 2.71. The Morgan fingerprint density at radius 3 is 2.71 bits per heavy atom. The van der Waals surface area contributed by atoms with Crippen LogP contribution in [0.1, 0.15) is 6.42 Å². The average Bonchev–Trinajstić information content (AvgIpc) is 2.60. The van der Waals surface area contributed by atoms with Crippen LogP contribution in [0, 0.1) is 0 Å².